The van der Waals surface area contributed by atoms with E-state index in [1.54, 1.807) is 12.2 Å². The molecule has 0 heterocycles. The number of thioether (sulfide) groups is 1. The Bertz CT molecular complexity index is 731. The number of carbonyl (C=O) groups excluding carboxylic acids is 2. The molecule has 1 N–H and O–H groups in total. The van der Waals surface area contributed by atoms with Crippen molar-refractivity contribution in [3.05, 3.63) is 23.8 Å². The molecule has 3 saturated carbocycles. The molecule has 27 heavy (non-hydrogen) atoms. The Morgan fingerprint density at radius 3 is 2.85 bits per heavy atom. The maximum Gasteiger partial charge on any atom is 0.195 e. The van der Waals surface area contributed by atoms with Crippen LogP contribution >= 0.6 is 11.8 Å². The number of allylic oxidation sites excluding steroid dienone is 4. The van der Waals surface area contributed by atoms with E-state index in [0.717, 1.165) is 36.6 Å². The molecular weight excluding hydrogens is 363 g/mol. The van der Waals surface area contributed by atoms with E-state index >= 15 is 0 Å². The third kappa shape index (κ3) is 2.71. The number of carbonyl (C=O) groups is 2. The van der Waals surface area contributed by atoms with Gasteiger partial charge in [-0.2, -0.15) is 0 Å². The lowest BCUT2D eigenvalue weighted by Crippen LogP contribution is -2.56. The average molecular weight is 393 g/mol. The highest BCUT2D eigenvalue weighted by atomic mass is 32.2. The zero-order valence-electron chi connectivity index (χ0n) is 16.3. The number of rotatable bonds is 2. The zero-order chi connectivity index (χ0) is 19.6. The number of aliphatic hydroxyl groups is 1. The minimum absolute atomic E-state index is 0.0412. The van der Waals surface area contributed by atoms with Crippen LogP contribution < -0.4 is 0 Å². The van der Waals surface area contributed by atoms with Crippen molar-refractivity contribution < 1.29 is 19.1 Å². The second-order valence-electron chi connectivity index (χ2n) is 9.56. The third-order valence-corrected chi connectivity index (χ3v) is 8.93. The highest BCUT2D eigenvalue weighted by Gasteiger charge is 2.64. The van der Waals surface area contributed by atoms with E-state index < -0.39 is 12.1 Å². The zero-order valence-corrected chi connectivity index (χ0v) is 17.1. The van der Waals surface area contributed by atoms with E-state index in [4.69, 9.17) is 0 Å². The summed E-state index contributed by atoms with van der Waals surface area (Å²) in [6, 6.07) is -0.678. The van der Waals surface area contributed by atoms with Gasteiger partial charge in [-0.05, 0) is 61.0 Å². The number of halogens is 1. The first-order chi connectivity index (χ1) is 12.7. The Morgan fingerprint density at radius 2 is 2.15 bits per heavy atom. The van der Waals surface area contributed by atoms with E-state index in [-0.39, 0.29) is 39.5 Å². The average Bonchev–Trinajstić information content (AvgIpc) is 2.85. The first kappa shape index (κ1) is 19.4. The van der Waals surface area contributed by atoms with Crippen LogP contribution in [0.5, 0.6) is 0 Å². The van der Waals surface area contributed by atoms with Gasteiger partial charge in [0, 0.05) is 17.3 Å². The summed E-state index contributed by atoms with van der Waals surface area (Å²) in [5, 5.41) is 11.2. The molecule has 3 fully saturated rings. The van der Waals surface area contributed by atoms with Crippen molar-refractivity contribution in [1.82, 2.24) is 0 Å². The van der Waals surface area contributed by atoms with Crippen molar-refractivity contribution in [2.45, 2.75) is 52.6 Å². The lowest BCUT2D eigenvalue weighted by molar-refractivity contribution is -0.133. The number of ketones is 1. The third-order valence-electron chi connectivity index (χ3n) is 8.29. The topological polar surface area (TPSA) is 54.4 Å². The normalized spacial score (nSPS) is 48.5. The molecule has 0 aliphatic heterocycles. The number of alkyl halides is 1. The summed E-state index contributed by atoms with van der Waals surface area (Å²) in [7, 11) is 0. The summed E-state index contributed by atoms with van der Waals surface area (Å²) < 4.78 is 12.8. The molecule has 0 saturated heterocycles. The lowest BCUT2D eigenvalue weighted by Gasteiger charge is -2.58. The van der Waals surface area contributed by atoms with E-state index in [1.807, 2.05) is 6.08 Å². The molecule has 5 heteroatoms. The molecule has 0 spiro atoms. The van der Waals surface area contributed by atoms with Gasteiger partial charge in [0.05, 0.1) is 6.10 Å². The standard InChI is InChI=1S/C22H29FO3S/c1-12-8-16-15-5-4-13-9-14(24)6-7-21(13,2)19(15)17(25)10-22(16,3)18(12)20(26)27-11-23/h6-7,9,12,15-19,25H,4-5,8,10-11H2,1-3H3/t12?,15-,16-,17?,18?,19+,21-,22-/m0/s1. The number of fused-ring (bicyclic) bond motifs is 5. The Balaban J connectivity index is 1.71. The van der Waals surface area contributed by atoms with Crippen LogP contribution in [0.25, 0.3) is 0 Å². The molecule has 8 atom stereocenters. The van der Waals surface area contributed by atoms with Crippen LogP contribution in [-0.2, 0) is 9.59 Å². The minimum atomic E-state index is -0.678. The fraction of sp³-hybridized carbons (Fsp3) is 0.727. The quantitative estimate of drug-likeness (QED) is 0.761. The van der Waals surface area contributed by atoms with Gasteiger partial charge >= 0.3 is 0 Å². The molecule has 3 nitrogen and oxygen atoms in total. The Labute approximate surface area is 164 Å². The second-order valence-corrected chi connectivity index (χ2v) is 10.5. The molecule has 0 aromatic carbocycles. The molecule has 0 aromatic rings. The number of aliphatic hydroxyl groups excluding tert-OH is 1. The fourth-order valence-corrected chi connectivity index (χ4v) is 8.13. The first-order valence-electron chi connectivity index (χ1n) is 10.1. The van der Waals surface area contributed by atoms with Crippen LogP contribution in [-0.4, -0.2) is 28.1 Å². The van der Waals surface area contributed by atoms with Crippen LogP contribution in [0.2, 0.25) is 0 Å². The van der Waals surface area contributed by atoms with Crippen molar-refractivity contribution in [1.29, 1.82) is 0 Å². The molecule has 0 radical (unpaired) electrons. The highest BCUT2D eigenvalue weighted by Crippen LogP contribution is 2.67. The van der Waals surface area contributed by atoms with Gasteiger partial charge in [0.25, 0.3) is 0 Å². The van der Waals surface area contributed by atoms with Gasteiger partial charge in [0.2, 0.25) is 0 Å². The molecule has 4 rings (SSSR count). The summed E-state index contributed by atoms with van der Waals surface area (Å²) in [6.07, 6.45) is 8.27. The van der Waals surface area contributed by atoms with Crippen LogP contribution in [0.1, 0.15) is 46.5 Å². The molecule has 4 aliphatic carbocycles. The Kier molecular flexibility index (Phi) is 4.70. The van der Waals surface area contributed by atoms with E-state index in [2.05, 4.69) is 20.8 Å². The van der Waals surface area contributed by atoms with E-state index in [1.165, 1.54) is 0 Å². The van der Waals surface area contributed by atoms with Gasteiger partial charge in [0.1, 0.15) is 6.01 Å². The van der Waals surface area contributed by atoms with Crippen LogP contribution in [0.4, 0.5) is 4.39 Å². The SMILES string of the molecule is CC1C[C@H]2[C@@H]3CCC4=CC(=O)C=C[C@]4(C)[C@H]3C(O)C[C@]2(C)C1C(=O)SCF. The Hall–Kier alpha value is -0.940. The number of hydrogen-bond donors (Lipinski definition) is 1. The van der Waals surface area contributed by atoms with Gasteiger partial charge in [-0.3, -0.25) is 9.59 Å². The smallest absolute Gasteiger partial charge is 0.195 e. The van der Waals surface area contributed by atoms with Gasteiger partial charge in [-0.15, -0.1) is 0 Å². The number of hydrogen-bond acceptors (Lipinski definition) is 4. The van der Waals surface area contributed by atoms with Crippen molar-refractivity contribution in [2.24, 2.45) is 40.4 Å². The molecule has 148 valence electrons. The largest absolute Gasteiger partial charge is 0.393 e. The maximum absolute atomic E-state index is 12.8. The summed E-state index contributed by atoms with van der Waals surface area (Å²) in [5.74, 6) is 0.834. The fourth-order valence-electron chi connectivity index (χ4n) is 7.34. The summed E-state index contributed by atoms with van der Waals surface area (Å²) in [6.45, 7) is 6.42. The molecular formula is C22H29FO3S. The Morgan fingerprint density at radius 1 is 1.41 bits per heavy atom. The highest BCUT2D eigenvalue weighted by molar-refractivity contribution is 8.13. The first-order valence-corrected chi connectivity index (χ1v) is 11.1. The van der Waals surface area contributed by atoms with Crippen molar-refractivity contribution in [3.63, 3.8) is 0 Å². The van der Waals surface area contributed by atoms with Crippen molar-refractivity contribution in [3.8, 4) is 0 Å². The monoisotopic (exact) mass is 392 g/mol. The van der Waals surface area contributed by atoms with Crippen molar-refractivity contribution in [2.75, 3.05) is 6.01 Å². The lowest BCUT2D eigenvalue weighted by atomic mass is 9.47. The van der Waals surface area contributed by atoms with Crippen LogP contribution in [0.15, 0.2) is 23.8 Å². The molecule has 0 amide bonds. The molecule has 0 bridgehead atoms. The second kappa shape index (κ2) is 6.55. The molecule has 0 aromatic heterocycles. The van der Waals surface area contributed by atoms with E-state index in [9.17, 15) is 19.1 Å². The summed E-state index contributed by atoms with van der Waals surface area (Å²) in [5.41, 5.74) is 0.590. The van der Waals surface area contributed by atoms with Gasteiger partial charge in [-0.1, -0.05) is 44.2 Å². The van der Waals surface area contributed by atoms with E-state index in [0.29, 0.717) is 18.3 Å². The van der Waals surface area contributed by atoms with Gasteiger partial charge in [0.15, 0.2) is 10.9 Å². The molecule has 3 unspecified atom stereocenters. The summed E-state index contributed by atoms with van der Waals surface area (Å²) in [4.78, 5) is 24.6. The maximum atomic E-state index is 12.8. The minimum Gasteiger partial charge on any atom is -0.393 e. The van der Waals surface area contributed by atoms with Gasteiger partial charge < -0.3 is 5.11 Å². The van der Waals surface area contributed by atoms with Crippen molar-refractivity contribution >= 4 is 22.7 Å². The predicted octanol–water partition coefficient (Wildman–Crippen LogP) is 4.31. The summed E-state index contributed by atoms with van der Waals surface area (Å²) >= 11 is 0.790. The van der Waals surface area contributed by atoms with Crippen LogP contribution in [0, 0.1) is 40.4 Å². The van der Waals surface area contributed by atoms with Crippen LogP contribution in [0.3, 0.4) is 0 Å². The molecule has 4 aliphatic rings. The predicted molar refractivity (Wildman–Crippen MR) is 105 cm³/mol. The van der Waals surface area contributed by atoms with Gasteiger partial charge in [-0.25, -0.2) is 4.39 Å².